The van der Waals surface area contributed by atoms with Crippen molar-refractivity contribution in [1.82, 2.24) is 10.2 Å². The Balaban J connectivity index is 1.78. The van der Waals surface area contributed by atoms with Crippen LogP contribution in [0.15, 0.2) is 108 Å². The number of carbonyl (C=O) groups excluding carboxylic acids is 2. The number of ether oxygens (including phenoxy) is 1. The summed E-state index contributed by atoms with van der Waals surface area (Å²) in [6.45, 7) is 1.25. The molecule has 0 unspecified atom stereocenters. The molecular weight excluding hydrogens is 588 g/mol. The van der Waals surface area contributed by atoms with E-state index in [2.05, 4.69) is 5.32 Å². The Kier molecular flexibility index (Phi) is 10.7. The monoisotopic (exact) mass is 621 g/mol. The maximum Gasteiger partial charge on any atom is 0.264 e. The number of nitrogens with zero attached hydrogens (tertiary/aromatic N) is 2. The number of hydrogen-bond donors (Lipinski definition) is 1. The molecule has 4 aromatic rings. The third-order valence-corrected chi connectivity index (χ3v) is 8.72. The summed E-state index contributed by atoms with van der Waals surface area (Å²) in [6, 6.07) is 23.9. The molecule has 0 aliphatic carbocycles. The molecule has 0 aromatic heterocycles. The lowest BCUT2D eigenvalue weighted by Gasteiger charge is -2.33. The summed E-state index contributed by atoms with van der Waals surface area (Å²) in [5.41, 5.74) is 1.37. The second-order valence-corrected chi connectivity index (χ2v) is 11.8. The first-order chi connectivity index (χ1) is 21.1. The van der Waals surface area contributed by atoms with Gasteiger partial charge in [0.1, 0.15) is 30.0 Å². The molecule has 0 saturated heterocycles. The highest BCUT2D eigenvalue weighted by Gasteiger charge is 2.34. The standard InChI is InChI=1S/C33H33F2N3O5S/c1-3-36-33(40)31(21-24-7-5-4-6-8-24)37(22-25-9-11-26(34)12-10-25)32(39)23-38(28-15-13-27(35)14-16-28)44(41,42)30-19-17-29(43-2)18-20-30/h4-20,31H,3,21-23H2,1-2H3,(H,36,40)/t31-/m0/s1. The normalized spacial score (nSPS) is 11.8. The van der Waals surface area contributed by atoms with Crippen LogP contribution in [-0.4, -0.2) is 51.4 Å². The first-order valence-electron chi connectivity index (χ1n) is 13.9. The number of hydrogen-bond acceptors (Lipinski definition) is 5. The van der Waals surface area contributed by atoms with Crippen molar-refractivity contribution in [1.29, 1.82) is 0 Å². The minimum absolute atomic E-state index is 0.0509. The lowest BCUT2D eigenvalue weighted by Crippen LogP contribution is -2.53. The van der Waals surface area contributed by atoms with E-state index in [1.165, 1.54) is 72.7 Å². The van der Waals surface area contributed by atoms with E-state index in [1.54, 1.807) is 6.92 Å². The Hall–Kier alpha value is -4.77. The van der Waals surface area contributed by atoms with Crippen LogP contribution in [-0.2, 0) is 32.6 Å². The van der Waals surface area contributed by atoms with E-state index in [1.807, 2.05) is 30.3 Å². The Morgan fingerprint density at radius 2 is 1.41 bits per heavy atom. The van der Waals surface area contributed by atoms with Crippen LogP contribution in [0.4, 0.5) is 14.5 Å². The number of sulfonamides is 1. The van der Waals surface area contributed by atoms with Crippen molar-refractivity contribution < 1.29 is 31.5 Å². The van der Waals surface area contributed by atoms with Gasteiger partial charge in [0.25, 0.3) is 10.0 Å². The van der Waals surface area contributed by atoms with Crippen LogP contribution < -0.4 is 14.4 Å². The molecule has 0 aliphatic rings. The van der Waals surface area contributed by atoms with Crippen molar-refractivity contribution in [3.63, 3.8) is 0 Å². The van der Waals surface area contributed by atoms with Crippen LogP contribution in [0, 0.1) is 11.6 Å². The molecule has 8 nitrogen and oxygen atoms in total. The minimum atomic E-state index is -4.36. The summed E-state index contributed by atoms with van der Waals surface area (Å²) in [7, 11) is -2.91. The number of rotatable bonds is 13. The average molecular weight is 622 g/mol. The van der Waals surface area contributed by atoms with E-state index < -0.39 is 46.1 Å². The fraction of sp³-hybridized carbons (Fsp3) is 0.212. The molecule has 0 fully saturated rings. The SMILES string of the molecule is CCNC(=O)[C@H](Cc1ccccc1)N(Cc1ccc(F)cc1)C(=O)CN(c1ccc(F)cc1)S(=O)(=O)c1ccc(OC)cc1. The van der Waals surface area contributed by atoms with Crippen LogP contribution in [0.1, 0.15) is 18.1 Å². The molecule has 0 spiro atoms. The lowest BCUT2D eigenvalue weighted by atomic mass is 10.0. The van der Waals surface area contributed by atoms with E-state index >= 15 is 0 Å². The maximum atomic E-state index is 14.3. The van der Waals surface area contributed by atoms with Gasteiger partial charge in [-0.25, -0.2) is 17.2 Å². The molecule has 0 radical (unpaired) electrons. The largest absolute Gasteiger partial charge is 0.497 e. The molecule has 230 valence electrons. The summed E-state index contributed by atoms with van der Waals surface area (Å²) in [5.74, 6) is -1.74. The highest BCUT2D eigenvalue weighted by Crippen LogP contribution is 2.26. The first-order valence-corrected chi connectivity index (χ1v) is 15.3. The van der Waals surface area contributed by atoms with Gasteiger partial charge in [-0.2, -0.15) is 0 Å². The second-order valence-electron chi connectivity index (χ2n) is 9.91. The molecule has 11 heteroatoms. The summed E-state index contributed by atoms with van der Waals surface area (Å²) in [6.07, 6.45) is 0.140. The zero-order valence-electron chi connectivity index (χ0n) is 24.3. The second kappa shape index (κ2) is 14.6. The van der Waals surface area contributed by atoms with Gasteiger partial charge in [-0.05, 0) is 78.7 Å². The number of amides is 2. The number of anilines is 1. The minimum Gasteiger partial charge on any atom is -0.497 e. The van der Waals surface area contributed by atoms with Crippen molar-refractivity contribution in [2.45, 2.75) is 30.8 Å². The molecule has 1 N–H and O–H groups in total. The number of likely N-dealkylation sites (N-methyl/N-ethyl adjacent to an activating group) is 1. The van der Waals surface area contributed by atoms with Crippen LogP contribution in [0.2, 0.25) is 0 Å². The first kappa shape index (κ1) is 32.2. The summed E-state index contributed by atoms with van der Waals surface area (Å²) >= 11 is 0. The lowest BCUT2D eigenvalue weighted by molar-refractivity contribution is -0.140. The van der Waals surface area contributed by atoms with Gasteiger partial charge >= 0.3 is 0 Å². The predicted octanol–water partition coefficient (Wildman–Crippen LogP) is 4.94. The number of nitrogens with one attached hydrogen (secondary N) is 1. The van der Waals surface area contributed by atoms with Crippen LogP contribution in [0.5, 0.6) is 5.75 Å². The molecule has 1 atom stereocenters. The smallest absolute Gasteiger partial charge is 0.264 e. The van der Waals surface area contributed by atoms with E-state index in [0.717, 1.165) is 22.0 Å². The van der Waals surface area contributed by atoms with Gasteiger partial charge in [0.2, 0.25) is 11.8 Å². The molecule has 44 heavy (non-hydrogen) atoms. The Morgan fingerprint density at radius 1 is 0.818 bits per heavy atom. The molecule has 0 saturated carbocycles. The third-order valence-electron chi connectivity index (χ3n) is 6.93. The van der Waals surface area contributed by atoms with Gasteiger partial charge in [-0.3, -0.25) is 13.9 Å². The molecule has 0 aliphatic heterocycles. The summed E-state index contributed by atoms with van der Waals surface area (Å²) in [5, 5.41) is 2.78. The third kappa shape index (κ3) is 7.99. The van der Waals surface area contributed by atoms with Crippen molar-refractivity contribution in [3.05, 3.63) is 126 Å². The molecular formula is C33H33F2N3O5S. The number of halogens is 2. The van der Waals surface area contributed by atoms with Crippen molar-refractivity contribution >= 4 is 27.5 Å². The van der Waals surface area contributed by atoms with E-state index in [0.29, 0.717) is 17.9 Å². The van der Waals surface area contributed by atoms with Gasteiger partial charge < -0.3 is 15.0 Å². The van der Waals surface area contributed by atoms with Crippen molar-refractivity contribution in [3.8, 4) is 5.75 Å². The van der Waals surface area contributed by atoms with Crippen LogP contribution >= 0.6 is 0 Å². The maximum absolute atomic E-state index is 14.3. The van der Waals surface area contributed by atoms with Crippen molar-refractivity contribution in [2.75, 3.05) is 24.5 Å². The van der Waals surface area contributed by atoms with Crippen molar-refractivity contribution in [2.24, 2.45) is 0 Å². The quantitative estimate of drug-likeness (QED) is 0.228. The highest BCUT2D eigenvalue weighted by atomic mass is 32.2. The highest BCUT2D eigenvalue weighted by molar-refractivity contribution is 7.92. The molecule has 0 heterocycles. The van der Waals surface area contributed by atoms with E-state index in [4.69, 9.17) is 4.74 Å². The Morgan fingerprint density at radius 3 is 1.98 bits per heavy atom. The zero-order valence-corrected chi connectivity index (χ0v) is 25.1. The fourth-order valence-corrected chi connectivity index (χ4v) is 6.06. The van der Waals surface area contributed by atoms with Crippen LogP contribution in [0.3, 0.4) is 0 Å². The van der Waals surface area contributed by atoms with E-state index in [-0.39, 0.29) is 23.5 Å². The number of benzene rings is 4. The Labute approximate surface area is 255 Å². The average Bonchev–Trinajstić information content (AvgIpc) is 3.03. The summed E-state index contributed by atoms with van der Waals surface area (Å²) in [4.78, 5) is 28.9. The molecule has 4 aromatic carbocycles. The fourth-order valence-electron chi connectivity index (χ4n) is 4.64. The molecule has 4 rings (SSSR count). The number of methoxy groups -OCH3 is 1. The van der Waals surface area contributed by atoms with Gasteiger partial charge in [0.15, 0.2) is 0 Å². The predicted molar refractivity (Wildman–Crippen MR) is 163 cm³/mol. The molecule has 2 amide bonds. The van der Waals surface area contributed by atoms with Gasteiger partial charge in [0, 0.05) is 19.5 Å². The topological polar surface area (TPSA) is 96.0 Å². The van der Waals surface area contributed by atoms with Crippen LogP contribution in [0.25, 0.3) is 0 Å². The summed E-state index contributed by atoms with van der Waals surface area (Å²) < 4.78 is 61.6. The van der Waals surface area contributed by atoms with E-state index in [9.17, 15) is 26.8 Å². The van der Waals surface area contributed by atoms with Gasteiger partial charge in [-0.15, -0.1) is 0 Å². The van der Waals surface area contributed by atoms with Gasteiger partial charge in [-0.1, -0.05) is 42.5 Å². The molecule has 0 bridgehead atoms. The number of carbonyl (C=O) groups is 2. The zero-order chi connectivity index (χ0) is 31.7. The Bertz CT molecular complexity index is 1650. The van der Waals surface area contributed by atoms with Gasteiger partial charge in [0.05, 0.1) is 17.7 Å².